The van der Waals surface area contributed by atoms with Crippen LogP contribution in [0.2, 0.25) is 0 Å². The number of ether oxygens (including phenoxy) is 1. The Kier molecular flexibility index (Phi) is 6.16. The van der Waals surface area contributed by atoms with E-state index in [1.807, 2.05) is 65.6 Å². The van der Waals surface area contributed by atoms with E-state index in [-0.39, 0.29) is 11.9 Å². The summed E-state index contributed by atoms with van der Waals surface area (Å²) in [6.45, 7) is 2.67. The summed E-state index contributed by atoms with van der Waals surface area (Å²) in [5.41, 5.74) is 4.46. The van der Waals surface area contributed by atoms with Gasteiger partial charge in [0, 0.05) is 11.4 Å². The van der Waals surface area contributed by atoms with Crippen LogP contribution in [0.4, 0.5) is 0 Å². The molecule has 2 atom stereocenters. The lowest BCUT2D eigenvalue weighted by atomic mass is 9.76. The number of β-lactam (4-membered cyclic amide) rings is 1. The minimum atomic E-state index is -0.766. The van der Waals surface area contributed by atoms with Crippen molar-refractivity contribution in [3.8, 4) is 5.75 Å². The minimum Gasteiger partial charge on any atom is -0.497 e. The van der Waals surface area contributed by atoms with Crippen LogP contribution in [0.5, 0.6) is 5.75 Å². The highest BCUT2D eigenvalue weighted by Gasteiger charge is 2.62. The molecule has 0 radical (unpaired) electrons. The second kappa shape index (κ2) is 9.40. The first-order chi connectivity index (χ1) is 16.6. The van der Waals surface area contributed by atoms with Gasteiger partial charge in [-0.05, 0) is 47.9 Å². The maximum absolute atomic E-state index is 14.2. The van der Waals surface area contributed by atoms with Crippen molar-refractivity contribution in [1.82, 2.24) is 4.90 Å². The summed E-state index contributed by atoms with van der Waals surface area (Å²) in [6.07, 6.45) is 0. The molecule has 3 nitrogen and oxygen atoms in total. The predicted molar refractivity (Wildman–Crippen MR) is 138 cm³/mol. The number of carbonyl (C=O) groups is 1. The molecule has 1 heterocycles. The third-order valence-corrected chi connectivity index (χ3v) is 7.87. The van der Waals surface area contributed by atoms with E-state index in [4.69, 9.17) is 4.74 Å². The molecule has 4 heteroatoms. The number of amides is 1. The summed E-state index contributed by atoms with van der Waals surface area (Å²) < 4.78 is 4.64. The normalized spacial score (nSPS) is 19.5. The number of rotatable bonds is 7. The van der Waals surface area contributed by atoms with Crippen molar-refractivity contribution in [3.05, 3.63) is 131 Å². The molecule has 1 aliphatic rings. The van der Waals surface area contributed by atoms with E-state index < -0.39 is 4.75 Å². The molecule has 4 aromatic rings. The third-order valence-electron chi connectivity index (χ3n) is 6.41. The van der Waals surface area contributed by atoms with E-state index in [1.54, 1.807) is 18.9 Å². The van der Waals surface area contributed by atoms with Crippen LogP contribution in [-0.2, 0) is 16.1 Å². The van der Waals surface area contributed by atoms with Crippen molar-refractivity contribution in [3.63, 3.8) is 0 Å². The zero-order valence-electron chi connectivity index (χ0n) is 19.3. The molecule has 170 valence electrons. The number of nitrogens with zero attached hydrogens (tertiary/aromatic N) is 1. The number of likely N-dealkylation sites (tertiary alicyclic amines) is 1. The van der Waals surface area contributed by atoms with E-state index in [0.29, 0.717) is 6.54 Å². The fourth-order valence-electron chi connectivity index (χ4n) is 4.66. The molecule has 0 bridgehead atoms. The van der Waals surface area contributed by atoms with Crippen LogP contribution in [0, 0.1) is 6.92 Å². The fraction of sp³-hybridized carbons (Fsp3) is 0.167. The van der Waals surface area contributed by atoms with E-state index in [1.165, 1.54) is 5.56 Å². The van der Waals surface area contributed by atoms with Gasteiger partial charge in [0.2, 0.25) is 5.91 Å². The van der Waals surface area contributed by atoms with Crippen LogP contribution >= 0.6 is 11.8 Å². The quantitative estimate of drug-likeness (QED) is 0.282. The lowest BCUT2D eigenvalue weighted by molar-refractivity contribution is -0.154. The molecule has 0 N–H and O–H groups in total. The number of benzene rings is 4. The smallest absolute Gasteiger partial charge is 0.247 e. The Morgan fingerprint density at radius 3 is 2.06 bits per heavy atom. The predicted octanol–water partition coefficient (Wildman–Crippen LogP) is 6.77. The molecule has 5 rings (SSSR count). The Morgan fingerprint density at radius 1 is 0.824 bits per heavy atom. The number of hydrogen-bond donors (Lipinski definition) is 0. The van der Waals surface area contributed by atoms with E-state index >= 15 is 0 Å². The van der Waals surface area contributed by atoms with Gasteiger partial charge in [0.15, 0.2) is 0 Å². The minimum absolute atomic E-state index is 0.112. The van der Waals surface area contributed by atoms with Crippen molar-refractivity contribution >= 4 is 17.7 Å². The second-order valence-corrected chi connectivity index (χ2v) is 9.93. The number of methoxy groups -OCH3 is 1. The summed E-state index contributed by atoms with van der Waals surface area (Å²) in [6, 6.07) is 36.9. The van der Waals surface area contributed by atoms with Gasteiger partial charge in [-0.1, -0.05) is 90.5 Å². The Bertz CT molecular complexity index is 1260. The van der Waals surface area contributed by atoms with Crippen molar-refractivity contribution in [2.24, 2.45) is 0 Å². The van der Waals surface area contributed by atoms with Crippen LogP contribution in [0.25, 0.3) is 0 Å². The van der Waals surface area contributed by atoms with Crippen LogP contribution in [0.15, 0.2) is 114 Å². The summed E-state index contributed by atoms with van der Waals surface area (Å²) >= 11 is 1.64. The maximum Gasteiger partial charge on any atom is 0.247 e. The Labute approximate surface area is 205 Å². The molecule has 0 aromatic heterocycles. The van der Waals surface area contributed by atoms with E-state index in [9.17, 15) is 4.79 Å². The molecule has 1 saturated heterocycles. The van der Waals surface area contributed by atoms with Gasteiger partial charge in [0.05, 0.1) is 13.2 Å². The zero-order valence-corrected chi connectivity index (χ0v) is 20.2. The molecule has 0 unspecified atom stereocenters. The van der Waals surface area contributed by atoms with Crippen molar-refractivity contribution in [1.29, 1.82) is 0 Å². The number of thioether (sulfide) groups is 1. The molecule has 1 aliphatic heterocycles. The zero-order chi connectivity index (χ0) is 23.5. The molecule has 0 spiro atoms. The summed E-state index contributed by atoms with van der Waals surface area (Å²) in [5.74, 6) is 0.907. The number of aryl methyl sites for hydroxylation is 1. The van der Waals surface area contributed by atoms with Gasteiger partial charge in [-0.2, -0.15) is 0 Å². The van der Waals surface area contributed by atoms with Gasteiger partial charge >= 0.3 is 0 Å². The summed E-state index contributed by atoms with van der Waals surface area (Å²) in [5, 5.41) is 0. The average molecular weight is 466 g/mol. The highest BCUT2D eigenvalue weighted by molar-refractivity contribution is 8.01. The average Bonchev–Trinajstić information content (AvgIpc) is 2.89. The highest BCUT2D eigenvalue weighted by atomic mass is 32.2. The fourth-order valence-corrected chi connectivity index (χ4v) is 6.16. The van der Waals surface area contributed by atoms with Gasteiger partial charge in [0.25, 0.3) is 0 Å². The summed E-state index contributed by atoms with van der Waals surface area (Å²) in [7, 11) is 1.66. The number of carbonyl (C=O) groups excluding carboxylic acids is 1. The monoisotopic (exact) mass is 465 g/mol. The van der Waals surface area contributed by atoms with E-state index in [2.05, 4.69) is 55.5 Å². The molecule has 4 aromatic carbocycles. The molecular weight excluding hydrogens is 438 g/mol. The van der Waals surface area contributed by atoms with Crippen molar-refractivity contribution in [2.45, 2.75) is 29.2 Å². The van der Waals surface area contributed by atoms with Crippen LogP contribution in [0.1, 0.15) is 28.3 Å². The number of hydrogen-bond acceptors (Lipinski definition) is 3. The van der Waals surface area contributed by atoms with Crippen molar-refractivity contribution in [2.75, 3.05) is 7.11 Å². The van der Waals surface area contributed by atoms with Gasteiger partial charge in [-0.25, -0.2) is 0 Å². The topological polar surface area (TPSA) is 29.5 Å². The SMILES string of the molecule is COc1ccc([C@]2(Sc3ccccc3)C(=O)N(Cc3ccccc3)[C@@H]2c2ccc(C)cc2)cc1. The molecule has 34 heavy (non-hydrogen) atoms. The van der Waals surface area contributed by atoms with E-state index in [0.717, 1.165) is 27.3 Å². The molecule has 1 amide bonds. The Hall–Kier alpha value is -3.50. The van der Waals surface area contributed by atoms with Crippen LogP contribution in [-0.4, -0.2) is 17.9 Å². The Morgan fingerprint density at radius 2 is 1.44 bits per heavy atom. The third kappa shape index (κ3) is 3.99. The van der Waals surface area contributed by atoms with Gasteiger partial charge < -0.3 is 9.64 Å². The molecule has 0 aliphatic carbocycles. The van der Waals surface area contributed by atoms with Gasteiger partial charge in [-0.15, -0.1) is 11.8 Å². The highest BCUT2D eigenvalue weighted by Crippen LogP contribution is 2.61. The van der Waals surface area contributed by atoms with Crippen molar-refractivity contribution < 1.29 is 9.53 Å². The van der Waals surface area contributed by atoms with Crippen LogP contribution < -0.4 is 4.74 Å². The van der Waals surface area contributed by atoms with Gasteiger partial charge in [0.1, 0.15) is 10.5 Å². The standard InChI is InChI=1S/C30H27NO2S/c1-22-13-15-24(16-14-22)28-30(34-27-11-7-4-8-12-27,25-17-19-26(33-2)20-18-25)29(32)31(28)21-23-9-5-3-6-10-23/h3-20,28H,21H2,1-2H3/t28-,30-/m1/s1. The summed E-state index contributed by atoms with van der Waals surface area (Å²) in [4.78, 5) is 17.3. The first-order valence-electron chi connectivity index (χ1n) is 11.4. The van der Waals surface area contributed by atoms with Crippen LogP contribution in [0.3, 0.4) is 0 Å². The Balaban J connectivity index is 1.64. The lowest BCUT2D eigenvalue weighted by Crippen LogP contribution is -2.63. The second-order valence-electron chi connectivity index (χ2n) is 8.61. The lowest BCUT2D eigenvalue weighted by Gasteiger charge is -2.56. The van der Waals surface area contributed by atoms with Gasteiger partial charge in [-0.3, -0.25) is 4.79 Å². The molecule has 0 saturated carbocycles. The molecule has 1 fully saturated rings. The largest absolute Gasteiger partial charge is 0.497 e. The maximum atomic E-state index is 14.2. The molecular formula is C30H27NO2S. The first kappa shape index (κ1) is 22.3. The first-order valence-corrected chi connectivity index (χ1v) is 12.2.